The molecule has 0 aliphatic heterocycles. The van der Waals surface area contributed by atoms with E-state index in [1.54, 1.807) is 50.7 Å². The molecule has 0 radical (unpaired) electrons. The van der Waals surface area contributed by atoms with E-state index in [1.807, 2.05) is 34.0 Å². The summed E-state index contributed by atoms with van der Waals surface area (Å²) < 4.78 is 24.1. The lowest BCUT2D eigenvalue weighted by atomic mass is 9.93. The Bertz CT molecular complexity index is 1970. The molecule has 2 aliphatic carbocycles. The van der Waals surface area contributed by atoms with Crippen molar-refractivity contribution in [1.29, 1.82) is 0 Å². The van der Waals surface area contributed by atoms with Gasteiger partial charge in [-0.15, -0.1) is 10.2 Å². The average Bonchev–Trinajstić information content (AvgIpc) is 3.77. The molecule has 2 unspecified atom stereocenters. The zero-order valence-corrected chi connectivity index (χ0v) is 33.3. The second-order valence-electron chi connectivity index (χ2n) is 16.0. The first-order chi connectivity index (χ1) is 25.7. The van der Waals surface area contributed by atoms with Crippen molar-refractivity contribution in [2.45, 2.75) is 122 Å². The summed E-state index contributed by atoms with van der Waals surface area (Å²) in [7, 11) is 3.62. The van der Waals surface area contributed by atoms with Gasteiger partial charge >= 0.3 is 11.3 Å². The van der Waals surface area contributed by atoms with Crippen molar-refractivity contribution in [2.75, 3.05) is 18.8 Å². The number of fused-ring (bicyclic) bond motifs is 1. The second-order valence-corrected chi connectivity index (χ2v) is 16.8. The molecule has 0 spiro atoms. The molecule has 13 nitrogen and oxygen atoms in total. The largest absolute Gasteiger partial charge is 0.385 e. The van der Waals surface area contributed by atoms with Crippen LogP contribution in [0.4, 0.5) is 5.69 Å². The van der Waals surface area contributed by atoms with Gasteiger partial charge in [0.2, 0.25) is 0 Å². The summed E-state index contributed by atoms with van der Waals surface area (Å²) in [5.41, 5.74) is 3.66. The summed E-state index contributed by atoms with van der Waals surface area (Å²) >= 11 is -2.14. The molecule has 2 fully saturated rings. The highest BCUT2D eigenvalue weighted by Crippen LogP contribution is 2.29. The molecule has 14 heteroatoms. The van der Waals surface area contributed by atoms with Gasteiger partial charge < -0.3 is 19.3 Å². The molecular weight excluding hydrogens is 705 g/mol. The lowest BCUT2D eigenvalue weighted by Crippen LogP contribution is -2.39. The predicted molar refractivity (Wildman–Crippen MR) is 210 cm³/mol. The number of hydrogen-bond donors (Lipinski definition) is 3. The zero-order valence-electron chi connectivity index (χ0n) is 32.5. The summed E-state index contributed by atoms with van der Waals surface area (Å²) in [5, 5.41) is 14.9. The fourth-order valence-corrected chi connectivity index (χ4v) is 8.16. The Morgan fingerprint density at radius 1 is 0.852 bits per heavy atom. The first-order valence-corrected chi connectivity index (χ1v) is 20.2. The molecular formula is C40H54N8O5S. The maximum atomic E-state index is 13.8. The number of aryl methyl sites for hydroxylation is 1. The standard InChI is InChI=1S/C40H54N8O5S/c1-25-18-19-27(37(49)41-26(2)36-43-42-35-24-34(40(3,4)5)44-48(35)36)23-33(25)45-54(52)53-32-21-28(38(50)46(6)30-14-10-8-11-15-30)20-29(22-32)39(51)47(7)31-16-12-9-13-17-31/h18-24,26,30-31,44-45H,8-17H2,1-7H3,(H,41,49). The number of rotatable bonds is 11. The molecule has 2 heterocycles. The van der Waals surface area contributed by atoms with Crippen molar-refractivity contribution < 1.29 is 22.8 Å². The maximum absolute atomic E-state index is 13.8. The fraction of sp³-hybridized carbons (Fsp3) is 0.525. The molecule has 2 saturated carbocycles. The van der Waals surface area contributed by atoms with Gasteiger partial charge in [-0.3, -0.25) is 24.2 Å². The van der Waals surface area contributed by atoms with Gasteiger partial charge in [-0.25, -0.2) is 4.52 Å². The van der Waals surface area contributed by atoms with E-state index in [2.05, 4.69) is 46.1 Å². The molecule has 54 heavy (non-hydrogen) atoms. The van der Waals surface area contributed by atoms with Crippen molar-refractivity contribution >= 4 is 40.3 Å². The third kappa shape index (κ3) is 8.80. The number of aromatic amines is 1. The maximum Gasteiger partial charge on any atom is 0.316 e. The Hall–Kier alpha value is -4.72. The molecule has 2 aromatic heterocycles. The van der Waals surface area contributed by atoms with Gasteiger partial charge in [0.1, 0.15) is 5.75 Å². The van der Waals surface area contributed by atoms with E-state index in [1.165, 1.54) is 0 Å². The Labute approximate surface area is 320 Å². The van der Waals surface area contributed by atoms with Crippen LogP contribution in [0, 0.1) is 6.92 Å². The van der Waals surface area contributed by atoms with Crippen LogP contribution in [0.1, 0.15) is 146 Å². The van der Waals surface area contributed by atoms with Gasteiger partial charge in [-0.2, -0.15) is 4.21 Å². The first kappa shape index (κ1) is 39.0. The highest BCUT2D eigenvalue weighted by molar-refractivity contribution is 7.82. The van der Waals surface area contributed by atoms with Gasteiger partial charge in [0.05, 0.1) is 11.7 Å². The average molecular weight is 759 g/mol. The predicted octanol–water partition coefficient (Wildman–Crippen LogP) is 7.03. The van der Waals surface area contributed by atoms with Gasteiger partial charge in [0, 0.05) is 60.0 Å². The lowest BCUT2D eigenvalue weighted by Gasteiger charge is -2.32. The summed E-state index contributed by atoms with van der Waals surface area (Å²) in [4.78, 5) is 44.6. The Balaban J connectivity index is 1.19. The Kier molecular flexibility index (Phi) is 11.8. The summed E-state index contributed by atoms with van der Waals surface area (Å²) in [6, 6.07) is 11.5. The van der Waals surface area contributed by atoms with Gasteiger partial charge in [-0.1, -0.05) is 65.4 Å². The van der Waals surface area contributed by atoms with Crippen LogP contribution in [-0.4, -0.2) is 77.7 Å². The van der Waals surface area contributed by atoms with Gasteiger partial charge in [0.25, 0.3) is 17.7 Å². The van der Waals surface area contributed by atoms with Crippen LogP contribution in [0.3, 0.4) is 0 Å². The molecule has 2 aliphatic rings. The number of amides is 3. The molecule has 0 saturated heterocycles. The minimum atomic E-state index is -2.14. The minimum absolute atomic E-state index is 0.115. The monoisotopic (exact) mass is 758 g/mol. The topological polar surface area (TPSA) is 154 Å². The van der Waals surface area contributed by atoms with Crippen LogP contribution >= 0.6 is 0 Å². The van der Waals surface area contributed by atoms with Crippen LogP contribution in [-0.2, 0) is 16.7 Å². The number of benzene rings is 2. The summed E-state index contributed by atoms with van der Waals surface area (Å²) in [5.74, 6) is -0.0792. The number of anilines is 1. The van der Waals surface area contributed by atoms with E-state index >= 15 is 0 Å². The fourth-order valence-electron chi connectivity index (χ4n) is 7.45. The van der Waals surface area contributed by atoms with Crippen molar-refractivity contribution in [3.05, 3.63) is 76.2 Å². The first-order valence-electron chi connectivity index (χ1n) is 19.1. The molecule has 290 valence electrons. The number of nitrogens with zero attached hydrogens (tertiary/aromatic N) is 5. The highest BCUT2D eigenvalue weighted by atomic mass is 32.2. The van der Waals surface area contributed by atoms with Gasteiger partial charge in [-0.05, 0) is 75.4 Å². The van der Waals surface area contributed by atoms with E-state index in [-0.39, 0.29) is 41.0 Å². The number of carbonyl (C=O) groups excluding carboxylic acids is 3. The second kappa shape index (κ2) is 16.3. The van der Waals surface area contributed by atoms with Crippen LogP contribution in [0.5, 0.6) is 5.75 Å². The van der Waals surface area contributed by atoms with Crippen LogP contribution < -0.4 is 14.2 Å². The van der Waals surface area contributed by atoms with Gasteiger partial charge in [0.15, 0.2) is 11.5 Å². The molecule has 6 rings (SSSR count). The molecule has 3 amide bonds. The SMILES string of the molecule is Cc1ccc(C(=O)NC(C)c2nnc3cc(C(C)(C)C)[nH]n23)cc1NS(=O)Oc1cc(C(=O)N(C)C2CCCCC2)cc(C(=O)N(C)C2CCCCC2)c1. The number of nitrogens with one attached hydrogen (secondary N) is 3. The van der Waals surface area contributed by atoms with Crippen LogP contribution in [0.15, 0.2) is 42.5 Å². The minimum Gasteiger partial charge on any atom is -0.385 e. The smallest absolute Gasteiger partial charge is 0.316 e. The number of hydrogen-bond acceptors (Lipinski definition) is 7. The van der Waals surface area contributed by atoms with E-state index < -0.39 is 17.3 Å². The number of carbonyl (C=O) groups is 3. The lowest BCUT2D eigenvalue weighted by molar-refractivity contribution is 0.0693. The molecule has 3 N–H and O–H groups in total. The van der Waals surface area contributed by atoms with E-state index in [4.69, 9.17) is 4.18 Å². The quantitative estimate of drug-likeness (QED) is 0.148. The normalized spacial score (nSPS) is 16.8. The molecule has 2 aromatic carbocycles. The van der Waals surface area contributed by atoms with E-state index in [9.17, 15) is 18.6 Å². The summed E-state index contributed by atoms with van der Waals surface area (Å²) in [6.45, 7) is 9.96. The summed E-state index contributed by atoms with van der Waals surface area (Å²) in [6.07, 6.45) is 10.4. The van der Waals surface area contributed by atoms with E-state index in [0.717, 1.165) is 75.5 Å². The van der Waals surface area contributed by atoms with E-state index in [0.29, 0.717) is 33.8 Å². The molecule has 0 bridgehead atoms. The van der Waals surface area contributed by atoms with Crippen molar-refractivity contribution in [2.24, 2.45) is 0 Å². The Morgan fingerprint density at radius 2 is 1.43 bits per heavy atom. The highest BCUT2D eigenvalue weighted by Gasteiger charge is 2.28. The van der Waals surface area contributed by atoms with Crippen LogP contribution in [0.2, 0.25) is 0 Å². The number of H-pyrrole nitrogens is 1. The third-order valence-electron chi connectivity index (χ3n) is 10.9. The van der Waals surface area contributed by atoms with Crippen LogP contribution in [0.25, 0.3) is 5.65 Å². The molecule has 2 atom stereocenters. The Morgan fingerprint density at radius 3 is 1.98 bits per heavy atom. The molecule has 4 aromatic rings. The van der Waals surface area contributed by atoms with Crippen molar-refractivity contribution in [3.8, 4) is 5.75 Å². The number of aromatic nitrogens is 4. The van der Waals surface area contributed by atoms with Crippen molar-refractivity contribution in [1.82, 2.24) is 34.9 Å². The zero-order chi connectivity index (χ0) is 38.7. The van der Waals surface area contributed by atoms with Crippen molar-refractivity contribution in [3.63, 3.8) is 0 Å². The third-order valence-corrected chi connectivity index (χ3v) is 11.6.